The summed E-state index contributed by atoms with van der Waals surface area (Å²) in [6.45, 7) is 7.43. The van der Waals surface area contributed by atoms with E-state index >= 15 is 0 Å². The van der Waals surface area contributed by atoms with Crippen LogP contribution < -0.4 is 16.4 Å². The van der Waals surface area contributed by atoms with Crippen molar-refractivity contribution < 1.29 is 18.3 Å². The Morgan fingerprint density at radius 2 is 1.96 bits per heavy atom. The molecule has 148 valence electrons. The minimum atomic E-state index is -0.626. The van der Waals surface area contributed by atoms with Gasteiger partial charge in [0.25, 0.3) is 0 Å². The van der Waals surface area contributed by atoms with E-state index in [1.807, 2.05) is 0 Å². The molecule has 1 amide bonds. The Bertz CT molecular complexity index is 562. The Hall–Kier alpha value is -1.73. The molecule has 0 bridgehead atoms. The highest BCUT2D eigenvalue weighted by atomic mass is 19.1. The Labute approximate surface area is 154 Å². The number of ether oxygens (including phenoxy) is 1. The number of nitrogens with one attached hydrogen (secondary N) is 2. The zero-order chi connectivity index (χ0) is 19.6. The number of alkyl carbamates (subject to hydrolysis) is 1. The highest BCUT2D eigenvalue weighted by molar-refractivity contribution is 5.68. The molecule has 1 rings (SSSR count). The van der Waals surface area contributed by atoms with Crippen LogP contribution in [0.25, 0.3) is 0 Å². The summed E-state index contributed by atoms with van der Waals surface area (Å²) in [5.41, 5.74) is 5.06. The van der Waals surface area contributed by atoms with Crippen molar-refractivity contribution in [1.29, 1.82) is 0 Å². The van der Waals surface area contributed by atoms with E-state index in [1.54, 1.807) is 20.8 Å². The lowest BCUT2D eigenvalue weighted by Gasteiger charge is -2.24. The van der Waals surface area contributed by atoms with E-state index in [0.29, 0.717) is 19.5 Å². The van der Waals surface area contributed by atoms with Gasteiger partial charge in [0.05, 0.1) is 0 Å². The lowest BCUT2D eigenvalue weighted by molar-refractivity contribution is 0.0501. The molecule has 0 aromatic heterocycles. The second kappa shape index (κ2) is 11.1. The predicted octanol–water partition coefficient (Wildman–Crippen LogP) is 3.12. The molecule has 0 aliphatic carbocycles. The average molecular weight is 371 g/mol. The number of halogens is 2. The summed E-state index contributed by atoms with van der Waals surface area (Å²) >= 11 is 0. The van der Waals surface area contributed by atoms with Gasteiger partial charge < -0.3 is 21.1 Å². The van der Waals surface area contributed by atoms with Gasteiger partial charge in [-0.3, -0.25) is 0 Å². The molecule has 0 saturated carbocycles. The van der Waals surface area contributed by atoms with Crippen molar-refractivity contribution in [2.45, 2.75) is 58.1 Å². The number of unbranched alkanes of at least 4 members (excludes halogenated alkanes) is 1. The maximum atomic E-state index is 13.9. The molecule has 26 heavy (non-hydrogen) atoms. The van der Waals surface area contributed by atoms with E-state index in [9.17, 15) is 13.6 Å². The summed E-state index contributed by atoms with van der Waals surface area (Å²) in [6.07, 6.45) is 2.10. The van der Waals surface area contributed by atoms with Gasteiger partial charge in [0.15, 0.2) is 0 Å². The molecule has 1 unspecified atom stereocenters. The molecule has 5 nitrogen and oxygen atoms in total. The van der Waals surface area contributed by atoms with E-state index in [0.717, 1.165) is 37.6 Å². The molecule has 1 atom stereocenters. The van der Waals surface area contributed by atoms with Gasteiger partial charge in [0, 0.05) is 6.04 Å². The number of rotatable bonds is 10. The molecule has 0 spiro atoms. The third-order valence-electron chi connectivity index (χ3n) is 3.67. The van der Waals surface area contributed by atoms with E-state index < -0.39 is 23.3 Å². The number of carbonyl (C=O) groups excluding carboxylic acids is 1. The molecule has 0 aliphatic rings. The minimum Gasteiger partial charge on any atom is -0.444 e. The molecule has 1 aromatic rings. The minimum absolute atomic E-state index is 0.188. The zero-order valence-corrected chi connectivity index (χ0v) is 15.9. The quantitative estimate of drug-likeness (QED) is 0.552. The van der Waals surface area contributed by atoms with Crippen molar-refractivity contribution >= 4 is 6.09 Å². The fourth-order valence-electron chi connectivity index (χ4n) is 2.46. The van der Waals surface area contributed by atoms with E-state index in [4.69, 9.17) is 10.5 Å². The number of nitrogens with two attached hydrogens (primary N) is 1. The van der Waals surface area contributed by atoms with Gasteiger partial charge in [-0.1, -0.05) is 0 Å². The molecule has 0 saturated heterocycles. The number of hydrogen-bond donors (Lipinski definition) is 3. The van der Waals surface area contributed by atoms with E-state index in [2.05, 4.69) is 10.6 Å². The first-order valence-electron chi connectivity index (χ1n) is 9.05. The first-order valence-corrected chi connectivity index (χ1v) is 9.05. The summed E-state index contributed by atoms with van der Waals surface area (Å²) in [4.78, 5) is 12.0. The number of carbonyl (C=O) groups is 1. The number of amides is 1. The van der Waals surface area contributed by atoms with Crippen LogP contribution in [0.3, 0.4) is 0 Å². The van der Waals surface area contributed by atoms with Crippen LogP contribution in [0.4, 0.5) is 13.6 Å². The van der Waals surface area contributed by atoms with Crippen LogP contribution in [0.1, 0.15) is 45.6 Å². The summed E-state index contributed by atoms with van der Waals surface area (Å²) in [5.74, 6) is -0.990. The van der Waals surface area contributed by atoms with E-state index in [-0.39, 0.29) is 18.0 Å². The lowest BCUT2D eigenvalue weighted by Crippen LogP contribution is -2.41. The predicted molar refractivity (Wildman–Crippen MR) is 99.0 cm³/mol. The smallest absolute Gasteiger partial charge is 0.407 e. The molecule has 0 heterocycles. The van der Waals surface area contributed by atoms with Gasteiger partial charge in [-0.15, -0.1) is 0 Å². The first kappa shape index (κ1) is 22.3. The fraction of sp³-hybridized carbons (Fsp3) is 0.632. The molecule has 4 N–H and O–H groups in total. The number of benzene rings is 1. The summed E-state index contributed by atoms with van der Waals surface area (Å²) < 4.78 is 32.6. The summed E-state index contributed by atoms with van der Waals surface area (Å²) in [6, 6.07) is 2.96. The maximum absolute atomic E-state index is 13.9. The second-order valence-electron chi connectivity index (χ2n) is 7.32. The molecular formula is C19H31F2N3O2. The van der Waals surface area contributed by atoms with Gasteiger partial charge in [-0.2, -0.15) is 0 Å². The molecular weight excluding hydrogens is 340 g/mol. The average Bonchev–Trinajstić information content (AvgIpc) is 2.52. The van der Waals surface area contributed by atoms with E-state index in [1.165, 1.54) is 0 Å². The van der Waals surface area contributed by atoms with Crippen LogP contribution in [0, 0.1) is 11.6 Å². The maximum Gasteiger partial charge on any atom is 0.407 e. The zero-order valence-electron chi connectivity index (χ0n) is 15.9. The normalized spacial score (nSPS) is 12.7. The van der Waals surface area contributed by atoms with Crippen molar-refractivity contribution in [2.24, 2.45) is 5.73 Å². The van der Waals surface area contributed by atoms with Crippen molar-refractivity contribution in [3.8, 4) is 0 Å². The van der Waals surface area contributed by atoms with Crippen molar-refractivity contribution in [3.63, 3.8) is 0 Å². The van der Waals surface area contributed by atoms with Crippen LogP contribution in [-0.2, 0) is 11.2 Å². The molecule has 0 aliphatic heterocycles. The molecule has 1 aromatic carbocycles. The third-order valence-corrected chi connectivity index (χ3v) is 3.67. The molecule has 7 heteroatoms. The summed E-state index contributed by atoms with van der Waals surface area (Å²) in [5, 5.41) is 6.03. The first-order chi connectivity index (χ1) is 12.2. The van der Waals surface area contributed by atoms with Gasteiger partial charge in [0.1, 0.15) is 17.2 Å². The van der Waals surface area contributed by atoms with Crippen LogP contribution in [0.2, 0.25) is 0 Å². The topological polar surface area (TPSA) is 76.4 Å². The number of hydrogen-bond acceptors (Lipinski definition) is 4. The Morgan fingerprint density at radius 1 is 1.23 bits per heavy atom. The van der Waals surface area contributed by atoms with Crippen LogP contribution in [-0.4, -0.2) is 37.4 Å². The lowest BCUT2D eigenvalue weighted by atomic mass is 10.0. The van der Waals surface area contributed by atoms with Crippen LogP contribution in [0.15, 0.2) is 18.2 Å². The van der Waals surface area contributed by atoms with Crippen LogP contribution >= 0.6 is 0 Å². The van der Waals surface area contributed by atoms with Crippen LogP contribution in [0.5, 0.6) is 0 Å². The molecule has 0 radical (unpaired) electrons. The Kier molecular flexibility index (Phi) is 9.51. The van der Waals surface area contributed by atoms with Gasteiger partial charge in [0.2, 0.25) is 0 Å². The Morgan fingerprint density at radius 3 is 2.62 bits per heavy atom. The monoisotopic (exact) mass is 371 g/mol. The van der Waals surface area contributed by atoms with Crippen molar-refractivity contribution in [1.82, 2.24) is 10.6 Å². The van der Waals surface area contributed by atoms with Gasteiger partial charge in [-0.05, 0) is 89.9 Å². The van der Waals surface area contributed by atoms with Gasteiger partial charge in [-0.25, -0.2) is 13.6 Å². The third kappa shape index (κ3) is 9.68. The highest BCUT2D eigenvalue weighted by Crippen LogP contribution is 2.14. The Balaban J connectivity index is 2.65. The molecule has 0 fully saturated rings. The van der Waals surface area contributed by atoms with Crippen molar-refractivity contribution in [3.05, 3.63) is 35.4 Å². The van der Waals surface area contributed by atoms with Gasteiger partial charge >= 0.3 is 6.09 Å². The SMILES string of the molecule is CC(C)(C)OC(=O)NC(CCNCCCCN)Cc1cc(F)ccc1F. The highest BCUT2D eigenvalue weighted by Gasteiger charge is 2.20. The fourth-order valence-corrected chi connectivity index (χ4v) is 2.46. The summed E-state index contributed by atoms with van der Waals surface area (Å²) in [7, 11) is 0. The second-order valence-corrected chi connectivity index (χ2v) is 7.32. The van der Waals surface area contributed by atoms with Crippen molar-refractivity contribution in [2.75, 3.05) is 19.6 Å². The largest absolute Gasteiger partial charge is 0.444 e. The standard InChI is InChI=1S/C19H31F2N3O2/c1-19(2,3)26-18(25)24-16(8-11-23-10-5-4-9-22)13-14-12-15(20)6-7-17(14)21/h6-7,12,16,23H,4-5,8-11,13,22H2,1-3H3,(H,24,25).